The molecule has 2 heterocycles. The summed E-state index contributed by atoms with van der Waals surface area (Å²) in [5.41, 5.74) is 2.19. The van der Waals surface area contributed by atoms with Gasteiger partial charge < -0.3 is 4.90 Å². The molecular formula is C21H22N2O3S2. The molecule has 7 heteroatoms. The molecule has 4 rings (SSSR count). The number of carbonyl (C=O) groups excluding carboxylic acids is 1. The van der Waals surface area contributed by atoms with Crippen LogP contribution in [-0.2, 0) is 27.6 Å². The van der Waals surface area contributed by atoms with E-state index in [1.807, 2.05) is 65.6 Å². The molecule has 2 aliphatic heterocycles. The van der Waals surface area contributed by atoms with Crippen molar-refractivity contribution < 1.29 is 13.2 Å². The lowest BCUT2D eigenvalue weighted by atomic mass is 10.1. The Morgan fingerprint density at radius 3 is 2.32 bits per heavy atom. The third-order valence-corrected chi connectivity index (χ3v) is 8.31. The van der Waals surface area contributed by atoms with Crippen molar-refractivity contribution in [2.75, 3.05) is 11.5 Å². The number of aliphatic imine (C=N–C) groups is 1. The minimum Gasteiger partial charge on any atom is -0.342 e. The van der Waals surface area contributed by atoms with Crippen molar-refractivity contribution in [3.05, 3.63) is 71.8 Å². The van der Waals surface area contributed by atoms with Gasteiger partial charge in [-0.15, -0.1) is 0 Å². The fourth-order valence-corrected chi connectivity index (χ4v) is 7.63. The second-order valence-corrected chi connectivity index (χ2v) is 10.5. The summed E-state index contributed by atoms with van der Waals surface area (Å²) in [6.45, 7) is 0.565. The molecule has 0 unspecified atom stereocenters. The molecule has 0 saturated carbocycles. The molecule has 2 atom stereocenters. The van der Waals surface area contributed by atoms with Gasteiger partial charge in [-0.3, -0.25) is 4.79 Å². The average molecular weight is 415 g/mol. The topological polar surface area (TPSA) is 66.8 Å². The molecule has 2 aromatic rings. The van der Waals surface area contributed by atoms with E-state index in [1.54, 1.807) is 0 Å². The maximum Gasteiger partial charge on any atom is 0.248 e. The molecule has 2 fully saturated rings. The van der Waals surface area contributed by atoms with Crippen LogP contribution in [0.1, 0.15) is 17.5 Å². The van der Waals surface area contributed by atoms with Crippen LogP contribution in [-0.4, -0.2) is 47.2 Å². The van der Waals surface area contributed by atoms with Gasteiger partial charge in [0.1, 0.15) is 0 Å². The van der Waals surface area contributed by atoms with E-state index in [0.717, 1.165) is 11.1 Å². The van der Waals surface area contributed by atoms with Gasteiger partial charge in [-0.25, -0.2) is 8.42 Å². The molecular weight excluding hydrogens is 392 g/mol. The summed E-state index contributed by atoms with van der Waals surface area (Å²) < 4.78 is 24.2. The maximum atomic E-state index is 12.5. The number of aryl methyl sites for hydroxylation is 1. The van der Waals surface area contributed by atoms with Gasteiger partial charge in [0.15, 0.2) is 15.0 Å². The van der Waals surface area contributed by atoms with Crippen molar-refractivity contribution in [3.8, 4) is 0 Å². The minimum absolute atomic E-state index is 0.0469. The van der Waals surface area contributed by atoms with E-state index in [4.69, 9.17) is 0 Å². The highest BCUT2D eigenvalue weighted by Gasteiger charge is 2.48. The summed E-state index contributed by atoms with van der Waals surface area (Å²) in [6, 6.07) is 19.7. The number of carbonyl (C=O) groups is 1. The number of rotatable bonds is 5. The Morgan fingerprint density at radius 1 is 1.00 bits per heavy atom. The minimum atomic E-state index is -3.03. The van der Waals surface area contributed by atoms with Crippen LogP contribution in [0.3, 0.4) is 0 Å². The number of amides is 1. The van der Waals surface area contributed by atoms with Gasteiger partial charge >= 0.3 is 0 Å². The molecule has 2 saturated heterocycles. The normalized spacial score (nSPS) is 24.4. The third-order valence-electron chi connectivity index (χ3n) is 5.06. The smallest absolute Gasteiger partial charge is 0.248 e. The zero-order valence-electron chi connectivity index (χ0n) is 15.4. The van der Waals surface area contributed by atoms with Crippen LogP contribution in [0, 0.1) is 0 Å². The Bertz CT molecular complexity index is 975. The van der Waals surface area contributed by atoms with E-state index >= 15 is 0 Å². The zero-order valence-corrected chi connectivity index (χ0v) is 17.0. The monoisotopic (exact) mass is 414 g/mol. The number of amidine groups is 1. The van der Waals surface area contributed by atoms with Crippen LogP contribution in [0.15, 0.2) is 65.7 Å². The van der Waals surface area contributed by atoms with Gasteiger partial charge in [0.25, 0.3) is 0 Å². The summed E-state index contributed by atoms with van der Waals surface area (Å²) in [5, 5.41) is 0.612. The number of hydrogen-bond acceptors (Lipinski definition) is 4. The molecule has 0 spiro atoms. The van der Waals surface area contributed by atoms with Crippen molar-refractivity contribution >= 4 is 32.7 Å². The standard InChI is InChI=1S/C21H22N2O3S2/c24-20(12-11-16-7-3-1-4-8-16)22-21-23(13-17-9-5-2-6-10-17)18-14-28(25,26)15-19(18)27-21/h1-10,18-19H,11-15H2/t18-,19+/m0/s1. The lowest BCUT2D eigenvalue weighted by Gasteiger charge is -2.24. The first-order valence-corrected chi connectivity index (χ1v) is 12.0. The van der Waals surface area contributed by atoms with Gasteiger partial charge in [0.05, 0.1) is 17.5 Å². The van der Waals surface area contributed by atoms with E-state index in [0.29, 0.717) is 24.6 Å². The first-order valence-electron chi connectivity index (χ1n) is 9.33. The highest BCUT2D eigenvalue weighted by molar-refractivity contribution is 8.15. The fraction of sp³-hybridized carbons (Fsp3) is 0.333. The van der Waals surface area contributed by atoms with Crippen LogP contribution < -0.4 is 0 Å². The number of thioether (sulfide) groups is 1. The molecule has 0 radical (unpaired) electrons. The number of nitrogens with zero attached hydrogens (tertiary/aromatic N) is 2. The van der Waals surface area contributed by atoms with Crippen molar-refractivity contribution in [1.29, 1.82) is 0 Å². The van der Waals surface area contributed by atoms with Gasteiger partial charge in [-0.05, 0) is 17.5 Å². The molecule has 0 N–H and O–H groups in total. The van der Waals surface area contributed by atoms with Crippen LogP contribution in [0.5, 0.6) is 0 Å². The molecule has 5 nitrogen and oxygen atoms in total. The zero-order chi connectivity index (χ0) is 19.6. The SMILES string of the molecule is O=C(CCc1ccccc1)N=C1S[C@@H]2CS(=O)(=O)C[C@@H]2N1Cc1ccccc1. The van der Waals surface area contributed by atoms with Crippen molar-refractivity contribution in [2.45, 2.75) is 30.7 Å². The van der Waals surface area contributed by atoms with Crippen LogP contribution in [0.25, 0.3) is 0 Å². The number of hydrogen-bond donors (Lipinski definition) is 0. The van der Waals surface area contributed by atoms with Crippen molar-refractivity contribution in [2.24, 2.45) is 4.99 Å². The summed E-state index contributed by atoms with van der Waals surface area (Å²) in [6.07, 6.45) is 1.00. The van der Waals surface area contributed by atoms with Gasteiger partial charge in [-0.1, -0.05) is 72.4 Å². The molecule has 0 aromatic heterocycles. The lowest BCUT2D eigenvalue weighted by molar-refractivity contribution is -0.117. The summed E-state index contributed by atoms with van der Waals surface area (Å²) in [5.74, 6) is 0.131. The Labute approximate surface area is 169 Å². The number of fused-ring (bicyclic) bond motifs is 1. The average Bonchev–Trinajstić information content (AvgIpc) is 3.14. The maximum absolute atomic E-state index is 12.5. The Hall–Kier alpha value is -2.12. The summed E-state index contributed by atoms with van der Waals surface area (Å²) in [4.78, 5) is 18.9. The fourth-order valence-electron chi connectivity index (χ4n) is 3.66. The Kier molecular flexibility index (Phi) is 5.55. The van der Waals surface area contributed by atoms with E-state index in [2.05, 4.69) is 4.99 Å². The van der Waals surface area contributed by atoms with Crippen molar-refractivity contribution in [3.63, 3.8) is 0 Å². The highest BCUT2D eigenvalue weighted by atomic mass is 32.2. The van der Waals surface area contributed by atoms with E-state index in [1.165, 1.54) is 11.8 Å². The van der Waals surface area contributed by atoms with Crippen LogP contribution >= 0.6 is 11.8 Å². The predicted molar refractivity (Wildman–Crippen MR) is 113 cm³/mol. The summed E-state index contributed by atoms with van der Waals surface area (Å²) in [7, 11) is -3.03. The second kappa shape index (κ2) is 8.09. The van der Waals surface area contributed by atoms with E-state index in [9.17, 15) is 13.2 Å². The predicted octanol–water partition coefficient (Wildman–Crippen LogP) is 2.92. The quantitative estimate of drug-likeness (QED) is 0.753. The lowest BCUT2D eigenvalue weighted by Crippen LogP contribution is -2.37. The highest BCUT2D eigenvalue weighted by Crippen LogP contribution is 2.39. The van der Waals surface area contributed by atoms with E-state index in [-0.39, 0.29) is 28.7 Å². The van der Waals surface area contributed by atoms with Crippen LogP contribution in [0.4, 0.5) is 0 Å². The molecule has 146 valence electrons. The largest absolute Gasteiger partial charge is 0.342 e. The van der Waals surface area contributed by atoms with Crippen molar-refractivity contribution in [1.82, 2.24) is 4.90 Å². The molecule has 28 heavy (non-hydrogen) atoms. The van der Waals surface area contributed by atoms with Gasteiger partial charge in [0, 0.05) is 18.2 Å². The molecule has 0 aliphatic carbocycles. The summed E-state index contributed by atoms with van der Waals surface area (Å²) >= 11 is 1.44. The van der Waals surface area contributed by atoms with E-state index < -0.39 is 9.84 Å². The first-order chi connectivity index (χ1) is 13.5. The van der Waals surface area contributed by atoms with Gasteiger partial charge in [0.2, 0.25) is 5.91 Å². The molecule has 1 amide bonds. The third kappa shape index (κ3) is 4.47. The molecule has 0 bridgehead atoms. The number of sulfone groups is 1. The van der Waals surface area contributed by atoms with Crippen LogP contribution in [0.2, 0.25) is 0 Å². The second-order valence-electron chi connectivity index (χ2n) is 7.19. The van der Waals surface area contributed by atoms with Gasteiger partial charge in [-0.2, -0.15) is 4.99 Å². The Balaban J connectivity index is 1.50. The molecule has 2 aliphatic rings. The number of benzene rings is 2. The first kappa shape index (κ1) is 19.2. The Morgan fingerprint density at radius 2 is 1.64 bits per heavy atom. The molecule has 2 aromatic carbocycles.